The fraction of sp³-hybridized carbons (Fsp3) is 0.300. The number of aliphatic hydroxyl groups excluding tert-OH is 1. The molecule has 1 aromatic rings. The van der Waals surface area contributed by atoms with E-state index in [1.54, 1.807) is 0 Å². The summed E-state index contributed by atoms with van der Waals surface area (Å²) >= 11 is 0. The van der Waals surface area contributed by atoms with Crippen LogP contribution in [0.15, 0.2) is 24.3 Å². The van der Waals surface area contributed by atoms with Crippen LogP contribution in [0.25, 0.3) is 0 Å². The zero-order valence-corrected chi connectivity index (χ0v) is 7.48. The molecule has 0 saturated carbocycles. The van der Waals surface area contributed by atoms with Crippen molar-refractivity contribution >= 4 is 5.97 Å². The van der Waals surface area contributed by atoms with Crippen LogP contribution in [0.5, 0.6) is 0 Å². The van der Waals surface area contributed by atoms with Gasteiger partial charge in [0.05, 0.1) is 13.0 Å². The maximum absolute atomic E-state index is 12.5. The van der Waals surface area contributed by atoms with Gasteiger partial charge in [0, 0.05) is 5.92 Å². The molecule has 1 atom stereocenters. The van der Waals surface area contributed by atoms with Crippen molar-refractivity contribution in [2.45, 2.75) is 12.3 Å². The van der Waals surface area contributed by atoms with Crippen LogP contribution < -0.4 is 0 Å². The molecule has 1 unspecified atom stereocenters. The third kappa shape index (κ3) is 2.81. The zero-order valence-electron chi connectivity index (χ0n) is 7.48. The van der Waals surface area contributed by atoms with Crippen molar-refractivity contribution < 1.29 is 19.4 Å². The van der Waals surface area contributed by atoms with Crippen molar-refractivity contribution in [1.29, 1.82) is 0 Å². The fourth-order valence-corrected chi connectivity index (χ4v) is 1.23. The van der Waals surface area contributed by atoms with Gasteiger partial charge in [-0.3, -0.25) is 4.79 Å². The highest BCUT2D eigenvalue weighted by atomic mass is 19.1. The predicted molar refractivity (Wildman–Crippen MR) is 48.5 cm³/mol. The van der Waals surface area contributed by atoms with Gasteiger partial charge in [0.15, 0.2) is 0 Å². The van der Waals surface area contributed by atoms with Crippen molar-refractivity contribution in [3.63, 3.8) is 0 Å². The molecule has 0 aliphatic carbocycles. The minimum Gasteiger partial charge on any atom is -0.481 e. The van der Waals surface area contributed by atoms with Gasteiger partial charge in [0.1, 0.15) is 5.82 Å². The molecule has 0 radical (unpaired) electrons. The molecular weight excluding hydrogens is 187 g/mol. The van der Waals surface area contributed by atoms with Crippen molar-refractivity contribution in [3.05, 3.63) is 35.6 Å². The Bertz CT molecular complexity index is 308. The fourth-order valence-electron chi connectivity index (χ4n) is 1.23. The van der Waals surface area contributed by atoms with Gasteiger partial charge in [-0.1, -0.05) is 12.1 Å². The first-order valence-electron chi connectivity index (χ1n) is 4.21. The lowest BCUT2D eigenvalue weighted by Crippen LogP contribution is -2.10. The molecule has 0 aromatic heterocycles. The number of aliphatic hydroxyl groups is 1. The molecule has 0 saturated heterocycles. The Morgan fingerprint density at radius 2 is 1.93 bits per heavy atom. The molecule has 3 nitrogen and oxygen atoms in total. The number of aliphatic carboxylic acids is 1. The second-order valence-corrected chi connectivity index (χ2v) is 3.03. The van der Waals surface area contributed by atoms with Crippen LogP contribution in [-0.4, -0.2) is 22.8 Å². The lowest BCUT2D eigenvalue weighted by Gasteiger charge is -2.11. The van der Waals surface area contributed by atoms with Gasteiger partial charge in [-0.15, -0.1) is 0 Å². The number of rotatable bonds is 4. The van der Waals surface area contributed by atoms with Crippen LogP contribution in [0.2, 0.25) is 0 Å². The number of carboxylic acid groups (broad SMARTS) is 1. The van der Waals surface area contributed by atoms with E-state index in [9.17, 15) is 9.18 Å². The Labute approximate surface area is 80.8 Å². The Kier molecular flexibility index (Phi) is 3.59. The molecule has 0 fully saturated rings. The van der Waals surface area contributed by atoms with Gasteiger partial charge in [-0.2, -0.15) is 0 Å². The summed E-state index contributed by atoms with van der Waals surface area (Å²) in [5, 5.41) is 17.5. The molecule has 0 aliphatic rings. The van der Waals surface area contributed by atoms with Gasteiger partial charge in [-0.05, 0) is 17.7 Å². The van der Waals surface area contributed by atoms with E-state index in [1.807, 2.05) is 0 Å². The highest BCUT2D eigenvalue weighted by Gasteiger charge is 2.14. The zero-order chi connectivity index (χ0) is 10.6. The first-order chi connectivity index (χ1) is 6.63. The van der Waals surface area contributed by atoms with Crippen LogP contribution >= 0.6 is 0 Å². The molecular formula is C10H11FO3. The third-order valence-electron chi connectivity index (χ3n) is 1.98. The molecule has 14 heavy (non-hydrogen) atoms. The van der Waals surface area contributed by atoms with E-state index in [1.165, 1.54) is 24.3 Å². The van der Waals surface area contributed by atoms with Crippen LogP contribution in [-0.2, 0) is 4.79 Å². The van der Waals surface area contributed by atoms with E-state index in [2.05, 4.69) is 0 Å². The summed E-state index contributed by atoms with van der Waals surface area (Å²) in [7, 11) is 0. The largest absolute Gasteiger partial charge is 0.481 e. The molecule has 1 aromatic carbocycles. The Morgan fingerprint density at radius 1 is 1.36 bits per heavy atom. The molecule has 76 valence electrons. The second kappa shape index (κ2) is 4.72. The summed E-state index contributed by atoms with van der Waals surface area (Å²) < 4.78 is 12.5. The maximum atomic E-state index is 12.5. The van der Waals surface area contributed by atoms with Gasteiger partial charge in [0.2, 0.25) is 0 Å². The van der Waals surface area contributed by atoms with E-state index in [-0.39, 0.29) is 18.8 Å². The summed E-state index contributed by atoms with van der Waals surface area (Å²) in [4.78, 5) is 10.4. The lowest BCUT2D eigenvalue weighted by molar-refractivity contribution is -0.137. The van der Waals surface area contributed by atoms with Gasteiger partial charge >= 0.3 is 5.97 Å². The monoisotopic (exact) mass is 198 g/mol. The molecule has 0 bridgehead atoms. The molecule has 0 aliphatic heterocycles. The van der Waals surface area contributed by atoms with E-state index in [0.717, 1.165) is 0 Å². The minimum atomic E-state index is -0.978. The van der Waals surface area contributed by atoms with Crippen molar-refractivity contribution in [2.75, 3.05) is 6.61 Å². The number of hydrogen-bond acceptors (Lipinski definition) is 2. The number of halogens is 1. The lowest BCUT2D eigenvalue weighted by atomic mass is 9.97. The average Bonchev–Trinajstić information content (AvgIpc) is 2.15. The molecule has 2 N–H and O–H groups in total. The van der Waals surface area contributed by atoms with Crippen LogP contribution in [0.1, 0.15) is 17.9 Å². The van der Waals surface area contributed by atoms with Gasteiger partial charge < -0.3 is 10.2 Å². The third-order valence-corrected chi connectivity index (χ3v) is 1.98. The average molecular weight is 198 g/mol. The normalized spacial score (nSPS) is 12.4. The summed E-state index contributed by atoms with van der Waals surface area (Å²) in [5.74, 6) is -1.82. The van der Waals surface area contributed by atoms with Crippen molar-refractivity contribution in [2.24, 2.45) is 0 Å². The van der Waals surface area contributed by atoms with E-state index in [0.29, 0.717) is 5.56 Å². The van der Waals surface area contributed by atoms with Crippen LogP contribution in [0.4, 0.5) is 4.39 Å². The van der Waals surface area contributed by atoms with Crippen LogP contribution in [0.3, 0.4) is 0 Å². The maximum Gasteiger partial charge on any atom is 0.304 e. The first-order valence-corrected chi connectivity index (χ1v) is 4.21. The summed E-state index contributed by atoms with van der Waals surface area (Å²) in [6.45, 7) is -0.252. The number of hydrogen-bond donors (Lipinski definition) is 2. The summed E-state index contributed by atoms with van der Waals surface area (Å²) in [6, 6.07) is 5.47. The Hall–Kier alpha value is -1.42. The molecule has 0 spiro atoms. The number of carbonyl (C=O) groups is 1. The highest BCUT2D eigenvalue weighted by Crippen LogP contribution is 2.19. The second-order valence-electron chi connectivity index (χ2n) is 3.03. The topological polar surface area (TPSA) is 57.5 Å². The molecule has 0 amide bonds. The summed E-state index contributed by atoms with van der Waals surface area (Å²) in [5.41, 5.74) is 0.635. The predicted octanol–water partition coefficient (Wildman–Crippen LogP) is 1.38. The van der Waals surface area contributed by atoms with Gasteiger partial charge in [-0.25, -0.2) is 4.39 Å². The standard InChI is InChI=1S/C10H11FO3/c11-9-3-1-7(2-4-9)8(6-12)5-10(13)14/h1-4,8,12H,5-6H2,(H,13,14). The first kappa shape index (κ1) is 10.7. The molecule has 4 heteroatoms. The van der Waals surface area contributed by atoms with E-state index >= 15 is 0 Å². The quantitative estimate of drug-likeness (QED) is 0.768. The van der Waals surface area contributed by atoms with E-state index < -0.39 is 11.9 Å². The SMILES string of the molecule is O=C(O)CC(CO)c1ccc(F)cc1. The molecule has 1 rings (SSSR count). The van der Waals surface area contributed by atoms with Crippen molar-refractivity contribution in [1.82, 2.24) is 0 Å². The van der Waals surface area contributed by atoms with E-state index in [4.69, 9.17) is 10.2 Å². The Morgan fingerprint density at radius 3 is 2.36 bits per heavy atom. The van der Waals surface area contributed by atoms with Gasteiger partial charge in [0.25, 0.3) is 0 Å². The Balaban J connectivity index is 2.78. The summed E-state index contributed by atoms with van der Waals surface area (Å²) in [6.07, 6.45) is -0.151. The smallest absolute Gasteiger partial charge is 0.304 e. The minimum absolute atomic E-state index is 0.151. The van der Waals surface area contributed by atoms with Crippen molar-refractivity contribution in [3.8, 4) is 0 Å². The number of benzene rings is 1. The molecule has 0 heterocycles. The highest BCUT2D eigenvalue weighted by molar-refractivity contribution is 5.68. The van der Waals surface area contributed by atoms with Crippen LogP contribution in [0, 0.1) is 5.82 Å². The number of carboxylic acids is 1.